The number of nitrogens with one attached hydrogen (secondary N) is 2. The van der Waals surface area contributed by atoms with Gasteiger partial charge in [-0.2, -0.15) is 0 Å². The Bertz CT molecular complexity index is 747. The normalized spacial score (nSPS) is 11.7. The zero-order valence-corrected chi connectivity index (χ0v) is 16.1. The van der Waals surface area contributed by atoms with Gasteiger partial charge in [0.2, 0.25) is 0 Å². The maximum Gasteiger partial charge on any atom is 0.260 e. The zero-order valence-electron chi connectivity index (χ0n) is 16.1. The maximum absolute atomic E-state index is 12.2. The van der Waals surface area contributed by atoms with Crippen molar-refractivity contribution in [2.75, 3.05) is 13.1 Å². The molecule has 0 aliphatic rings. The van der Waals surface area contributed by atoms with E-state index in [0.717, 1.165) is 11.3 Å². The Morgan fingerprint density at radius 2 is 1.78 bits per heavy atom. The summed E-state index contributed by atoms with van der Waals surface area (Å²) in [5.41, 5.74) is 1.60. The summed E-state index contributed by atoms with van der Waals surface area (Å²) in [6.07, 6.45) is 3.18. The first-order valence-electron chi connectivity index (χ1n) is 9.20. The number of hydrogen-bond acceptors (Lipinski definition) is 4. The van der Waals surface area contributed by atoms with Crippen molar-refractivity contribution >= 4 is 11.8 Å². The van der Waals surface area contributed by atoms with Crippen LogP contribution in [0.5, 0.6) is 5.75 Å². The highest BCUT2D eigenvalue weighted by molar-refractivity contribution is 5.93. The van der Waals surface area contributed by atoms with Crippen molar-refractivity contribution < 1.29 is 14.3 Å². The summed E-state index contributed by atoms with van der Waals surface area (Å²) in [6, 6.07) is 11.2. The fraction of sp³-hybridized carbons (Fsp3) is 0.381. The molecule has 2 amide bonds. The molecular weight excluding hydrogens is 342 g/mol. The van der Waals surface area contributed by atoms with Crippen LogP contribution in [0.1, 0.15) is 49.0 Å². The third-order valence-corrected chi connectivity index (χ3v) is 4.08. The van der Waals surface area contributed by atoms with E-state index in [0.29, 0.717) is 31.0 Å². The number of hydrogen-bond donors (Lipinski definition) is 2. The number of para-hydroxylation sites is 1. The monoisotopic (exact) mass is 369 g/mol. The molecule has 144 valence electrons. The smallest absolute Gasteiger partial charge is 0.260 e. The largest absolute Gasteiger partial charge is 0.481 e. The van der Waals surface area contributed by atoms with E-state index in [1.807, 2.05) is 24.3 Å². The van der Waals surface area contributed by atoms with Gasteiger partial charge in [0.05, 0.1) is 5.56 Å². The van der Waals surface area contributed by atoms with E-state index >= 15 is 0 Å². The van der Waals surface area contributed by atoms with Gasteiger partial charge >= 0.3 is 0 Å². The summed E-state index contributed by atoms with van der Waals surface area (Å²) in [6.45, 7) is 6.85. The van der Waals surface area contributed by atoms with Crippen LogP contribution in [0.3, 0.4) is 0 Å². The lowest BCUT2D eigenvalue weighted by Crippen LogP contribution is -2.38. The number of benzene rings is 1. The molecule has 1 aromatic heterocycles. The summed E-state index contributed by atoms with van der Waals surface area (Å²) in [4.78, 5) is 28.0. The van der Waals surface area contributed by atoms with Gasteiger partial charge in [0.1, 0.15) is 5.75 Å². The number of aromatic nitrogens is 1. The number of nitrogens with zero attached hydrogens (tertiary/aromatic N) is 1. The first kappa shape index (κ1) is 20.4. The molecule has 0 saturated carbocycles. The number of pyridine rings is 1. The van der Waals surface area contributed by atoms with Gasteiger partial charge in [0.25, 0.3) is 11.8 Å². The molecule has 0 aliphatic heterocycles. The van der Waals surface area contributed by atoms with Crippen LogP contribution < -0.4 is 15.4 Å². The summed E-state index contributed by atoms with van der Waals surface area (Å²) < 4.78 is 5.83. The molecule has 0 spiro atoms. The Kier molecular flexibility index (Phi) is 7.79. The zero-order chi connectivity index (χ0) is 19.6. The quantitative estimate of drug-likeness (QED) is 0.666. The lowest BCUT2D eigenvalue weighted by molar-refractivity contribution is -0.127. The minimum atomic E-state index is -0.588. The average Bonchev–Trinajstić information content (AvgIpc) is 2.68. The van der Waals surface area contributed by atoms with Crippen LogP contribution in [0.25, 0.3) is 0 Å². The van der Waals surface area contributed by atoms with E-state index in [1.165, 1.54) is 6.20 Å². The number of rotatable bonds is 9. The Morgan fingerprint density at radius 1 is 1.04 bits per heavy atom. The summed E-state index contributed by atoms with van der Waals surface area (Å²) >= 11 is 0. The second-order valence-corrected chi connectivity index (χ2v) is 6.59. The Hall–Kier alpha value is -2.89. The van der Waals surface area contributed by atoms with Crippen molar-refractivity contribution in [2.24, 2.45) is 0 Å². The van der Waals surface area contributed by atoms with Gasteiger partial charge in [-0.1, -0.05) is 32.0 Å². The second-order valence-electron chi connectivity index (χ2n) is 6.59. The molecule has 6 heteroatoms. The number of carbonyl (C=O) groups excluding carboxylic acids is 2. The molecule has 2 aromatic rings. The van der Waals surface area contributed by atoms with E-state index in [2.05, 4.69) is 29.5 Å². The highest BCUT2D eigenvalue weighted by Crippen LogP contribution is 2.26. The standard InChI is InChI=1S/C21H27N3O3/c1-15(2)18-9-4-5-10-19(18)27-16(3)20(25)23-12-7-13-24-21(26)17-8-6-11-22-14-17/h4-6,8-11,14-16H,7,12-13H2,1-3H3,(H,23,25)(H,24,26). The SMILES string of the molecule is CC(Oc1ccccc1C(C)C)C(=O)NCCCNC(=O)c1cccnc1. The van der Waals surface area contributed by atoms with E-state index in [-0.39, 0.29) is 11.8 Å². The third-order valence-electron chi connectivity index (χ3n) is 4.08. The fourth-order valence-electron chi connectivity index (χ4n) is 2.55. The fourth-order valence-corrected chi connectivity index (χ4v) is 2.55. The van der Waals surface area contributed by atoms with Gasteiger partial charge in [0.15, 0.2) is 6.10 Å². The summed E-state index contributed by atoms with van der Waals surface area (Å²) in [5, 5.41) is 5.64. The van der Waals surface area contributed by atoms with Gasteiger partial charge in [-0.15, -0.1) is 0 Å². The van der Waals surface area contributed by atoms with Crippen LogP contribution in [0.15, 0.2) is 48.8 Å². The van der Waals surface area contributed by atoms with Crippen molar-refractivity contribution in [3.63, 3.8) is 0 Å². The predicted octanol–water partition coefficient (Wildman–Crippen LogP) is 2.91. The van der Waals surface area contributed by atoms with Crippen molar-refractivity contribution in [1.29, 1.82) is 0 Å². The first-order valence-corrected chi connectivity index (χ1v) is 9.20. The number of amides is 2. The van der Waals surface area contributed by atoms with Crippen molar-refractivity contribution in [2.45, 2.75) is 39.2 Å². The summed E-state index contributed by atoms with van der Waals surface area (Å²) in [5.74, 6) is 0.710. The van der Waals surface area contributed by atoms with Crippen molar-refractivity contribution in [1.82, 2.24) is 15.6 Å². The molecular formula is C21H27N3O3. The Labute approximate surface area is 160 Å². The highest BCUT2D eigenvalue weighted by atomic mass is 16.5. The van der Waals surface area contributed by atoms with Gasteiger partial charge in [-0.25, -0.2) is 0 Å². The number of carbonyl (C=O) groups is 2. The van der Waals surface area contributed by atoms with E-state index in [9.17, 15) is 9.59 Å². The van der Waals surface area contributed by atoms with Crippen LogP contribution in [0.4, 0.5) is 0 Å². The molecule has 27 heavy (non-hydrogen) atoms. The molecule has 1 atom stereocenters. The lowest BCUT2D eigenvalue weighted by atomic mass is 10.0. The Morgan fingerprint density at radius 3 is 2.48 bits per heavy atom. The van der Waals surface area contributed by atoms with Crippen LogP contribution >= 0.6 is 0 Å². The molecule has 1 unspecified atom stereocenters. The minimum absolute atomic E-state index is 0.170. The molecule has 0 saturated heterocycles. The molecule has 2 N–H and O–H groups in total. The van der Waals surface area contributed by atoms with Crippen molar-refractivity contribution in [3.8, 4) is 5.75 Å². The predicted molar refractivity (Wildman–Crippen MR) is 105 cm³/mol. The molecule has 6 nitrogen and oxygen atoms in total. The van der Waals surface area contributed by atoms with Crippen molar-refractivity contribution in [3.05, 3.63) is 59.9 Å². The van der Waals surface area contributed by atoms with Gasteiger partial charge < -0.3 is 15.4 Å². The maximum atomic E-state index is 12.2. The average molecular weight is 369 g/mol. The molecule has 0 fully saturated rings. The van der Waals surface area contributed by atoms with Crippen LogP contribution in [0, 0.1) is 0 Å². The van der Waals surface area contributed by atoms with E-state index < -0.39 is 6.10 Å². The third kappa shape index (κ3) is 6.40. The van der Waals surface area contributed by atoms with Gasteiger partial charge in [-0.05, 0) is 43.0 Å². The van der Waals surface area contributed by atoms with Crippen LogP contribution in [0.2, 0.25) is 0 Å². The second kappa shape index (κ2) is 10.3. The molecule has 0 aliphatic carbocycles. The molecule has 1 heterocycles. The van der Waals surface area contributed by atoms with E-state index in [1.54, 1.807) is 25.3 Å². The molecule has 0 bridgehead atoms. The topological polar surface area (TPSA) is 80.3 Å². The molecule has 0 radical (unpaired) electrons. The lowest BCUT2D eigenvalue weighted by Gasteiger charge is -2.18. The summed E-state index contributed by atoms with van der Waals surface area (Å²) in [7, 11) is 0. The molecule has 2 rings (SSSR count). The first-order chi connectivity index (χ1) is 13.0. The van der Waals surface area contributed by atoms with Crippen LogP contribution in [-0.4, -0.2) is 36.0 Å². The van der Waals surface area contributed by atoms with Gasteiger partial charge in [-0.3, -0.25) is 14.6 Å². The van der Waals surface area contributed by atoms with Gasteiger partial charge in [0, 0.05) is 25.5 Å². The van der Waals surface area contributed by atoms with E-state index in [4.69, 9.17) is 4.74 Å². The highest BCUT2D eigenvalue weighted by Gasteiger charge is 2.16. The minimum Gasteiger partial charge on any atom is -0.481 e. The number of ether oxygens (including phenoxy) is 1. The Balaban J connectivity index is 1.70. The van der Waals surface area contributed by atoms with Crippen LogP contribution in [-0.2, 0) is 4.79 Å². The molecule has 1 aromatic carbocycles.